The molecule has 0 aliphatic rings. The molecule has 5 nitrogen and oxygen atoms in total. The van der Waals surface area contributed by atoms with Gasteiger partial charge < -0.3 is 15.5 Å². The Hall–Kier alpha value is -1.80. The zero-order valence-corrected chi connectivity index (χ0v) is 11.5. The number of nitrogens with two attached hydrogens (primary N) is 1. The normalized spacial score (nSPS) is 12.2. The highest BCUT2D eigenvalue weighted by Gasteiger charge is 2.17. The number of aromatic nitrogens is 1. The second-order valence-electron chi connectivity index (χ2n) is 4.65. The van der Waals surface area contributed by atoms with Crippen LogP contribution in [0.15, 0.2) is 12.3 Å². The van der Waals surface area contributed by atoms with Gasteiger partial charge in [-0.3, -0.25) is 0 Å². The van der Waals surface area contributed by atoms with E-state index in [1.807, 2.05) is 20.2 Å². The van der Waals surface area contributed by atoms with Gasteiger partial charge in [0.1, 0.15) is 6.07 Å². The molecule has 1 heterocycles. The first kappa shape index (κ1) is 14.3. The molecule has 0 aromatic carbocycles. The molecular formula is C13H21N5. The predicted molar refractivity (Wildman–Crippen MR) is 74.4 cm³/mol. The van der Waals surface area contributed by atoms with Gasteiger partial charge >= 0.3 is 0 Å². The van der Waals surface area contributed by atoms with E-state index in [0.29, 0.717) is 17.3 Å². The molecule has 0 saturated heterocycles. The molecule has 2 N–H and O–H groups in total. The number of hydrogen-bond acceptors (Lipinski definition) is 5. The van der Waals surface area contributed by atoms with Crippen molar-refractivity contribution in [1.29, 1.82) is 5.26 Å². The topological polar surface area (TPSA) is 69.2 Å². The smallest absolute Gasteiger partial charge is 0.152 e. The van der Waals surface area contributed by atoms with Gasteiger partial charge in [0.25, 0.3) is 0 Å². The molecule has 1 atom stereocenters. The second-order valence-corrected chi connectivity index (χ2v) is 4.65. The van der Waals surface area contributed by atoms with Crippen LogP contribution < -0.4 is 10.6 Å². The lowest BCUT2D eigenvalue weighted by molar-refractivity contribution is 0.372. The first-order valence-electron chi connectivity index (χ1n) is 6.06. The van der Waals surface area contributed by atoms with Crippen LogP contribution in [0.4, 0.5) is 11.5 Å². The summed E-state index contributed by atoms with van der Waals surface area (Å²) in [6, 6.07) is 4.03. The van der Waals surface area contributed by atoms with Crippen LogP contribution in [0.25, 0.3) is 0 Å². The Bertz CT molecular complexity index is 435. The fourth-order valence-electron chi connectivity index (χ4n) is 2.07. The molecule has 0 amide bonds. The number of likely N-dealkylation sites (N-methyl/N-ethyl adjacent to an activating group) is 2. The number of nitrogens with zero attached hydrogens (tertiary/aromatic N) is 4. The Morgan fingerprint density at radius 2 is 2.17 bits per heavy atom. The molecule has 0 bridgehead atoms. The molecule has 98 valence electrons. The third-order valence-corrected chi connectivity index (χ3v) is 2.80. The molecule has 0 aliphatic carbocycles. The lowest BCUT2D eigenvalue weighted by Gasteiger charge is -2.31. The van der Waals surface area contributed by atoms with Crippen LogP contribution in [-0.4, -0.2) is 43.1 Å². The minimum absolute atomic E-state index is 0.313. The van der Waals surface area contributed by atoms with Crippen molar-refractivity contribution in [2.24, 2.45) is 0 Å². The SMILES string of the molecule is CCN(c1ncc(C#N)cc1N)C(C)CN(C)C. The summed E-state index contributed by atoms with van der Waals surface area (Å²) in [5, 5.41) is 8.81. The van der Waals surface area contributed by atoms with Gasteiger partial charge in [0.2, 0.25) is 0 Å². The lowest BCUT2D eigenvalue weighted by atomic mass is 10.2. The van der Waals surface area contributed by atoms with Crippen molar-refractivity contribution >= 4 is 11.5 Å². The van der Waals surface area contributed by atoms with Crippen LogP contribution in [0.1, 0.15) is 19.4 Å². The van der Waals surface area contributed by atoms with E-state index in [2.05, 4.69) is 28.6 Å². The van der Waals surface area contributed by atoms with Gasteiger partial charge in [0, 0.05) is 25.3 Å². The first-order chi connectivity index (χ1) is 8.49. The molecule has 1 aromatic heterocycles. The summed E-state index contributed by atoms with van der Waals surface area (Å²) < 4.78 is 0. The summed E-state index contributed by atoms with van der Waals surface area (Å²) >= 11 is 0. The highest BCUT2D eigenvalue weighted by atomic mass is 15.2. The van der Waals surface area contributed by atoms with E-state index in [0.717, 1.165) is 18.9 Å². The Morgan fingerprint density at radius 1 is 1.50 bits per heavy atom. The van der Waals surface area contributed by atoms with Crippen LogP contribution in [0, 0.1) is 11.3 Å². The zero-order chi connectivity index (χ0) is 13.7. The second kappa shape index (κ2) is 6.22. The average molecular weight is 247 g/mol. The molecule has 1 aromatic rings. The number of hydrogen-bond donors (Lipinski definition) is 1. The maximum absolute atomic E-state index is 8.81. The number of nitriles is 1. The Kier molecular flexibility index (Phi) is 4.93. The van der Waals surface area contributed by atoms with Crippen LogP contribution in [0.2, 0.25) is 0 Å². The minimum atomic E-state index is 0.313. The van der Waals surface area contributed by atoms with Gasteiger partial charge in [0.05, 0.1) is 11.3 Å². The van der Waals surface area contributed by atoms with Crippen molar-refractivity contribution in [2.75, 3.05) is 37.8 Å². The van der Waals surface area contributed by atoms with Gasteiger partial charge in [-0.2, -0.15) is 5.26 Å². The fraction of sp³-hybridized carbons (Fsp3) is 0.538. The highest BCUT2D eigenvalue weighted by Crippen LogP contribution is 2.22. The summed E-state index contributed by atoms with van der Waals surface area (Å²) in [4.78, 5) is 8.59. The van der Waals surface area contributed by atoms with Gasteiger partial charge in [-0.1, -0.05) is 0 Å². The summed E-state index contributed by atoms with van der Waals surface area (Å²) in [7, 11) is 4.08. The molecule has 1 unspecified atom stereocenters. The van der Waals surface area contributed by atoms with E-state index in [1.165, 1.54) is 0 Å². The summed E-state index contributed by atoms with van der Waals surface area (Å²) in [5.41, 5.74) is 7.02. The van der Waals surface area contributed by atoms with E-state index in [-0.39, 0.29) is 0 Å². The minimum Gasteiger partial charge on any atom is -0.396 e. The van der Waals surface area contributed by atoms with E-state index in [4.69, 9.17) is 11.0 Å². The molecule has 0 spiro atoms. The quantitative estimate of drug-likeness (QED) is 0.849. The van der Waals surface area contributed by atoms with Gasteiger partial charge in [0.15, 0.2) is 5.82 Å². The average Bonchev–Trinajstić information content (AvgIpc) is 2.31. The third-order valence-electron chi connectivity index (χ3n) is 2.80. The summed E-state index contributed by atoms with van der Waals surface area (Å²) in [5.74, 6) is 0.755. The molecule has 5 heteroatoms. The van der Waals surface area contributed by atoms with E-state index in [1.54, 1.807) is 12.3 Å². The van der Waals surface area contributed by atoms with Crippen LogP contribution in [0.5, 0.6) is 0 Å². The predicted octanol–water partition coefficient (Wildman–Crippen LogP) is 1.31. The number of anilines is 2. The summed E-state index contributed by atoms with van der Waals surface area (Å²) in [6.07, 6.45) is 1.57. The third kappa shape index (κ3) is 3.34. The van der Waals surface area contributed by atoms with Crippen molar-refractivity contribution in [3.63, 3.8) is 0 Å². The van der Waals surface area contributed by atoms with Crippen molar-refractivity contribution in [3.8, 4) is 6.07 Å². The Morgan fingerprint density at radius 3 is 2.61 bits per heavy atom. The van der Waals surface area contributed by atoms with E-state index >= 15 is 0 Å². The van der Waals surface area contributed by atoms with Crippen molar-refractivity contribution in [1.82, 2.24) is 9.88 Å². The van der Waals surface area contributed by atoms with Gasteiger partial charge in [-0.05, 0) is 34.0 Å². The van der Waals surface area contributed by atoms with Crippen LogP contribution >= 0.6 is 0 Å². The number of rotatable bonds is 5. The Labute approximate surface area is 109 Å². The standard InChI is InChI=1S/C13H21N5/c1-5-18(10(2)9-17(3)4)13-12(15)6-11(7-14)8-16-13/h6,8,10H,5,9,15H2,1-4H3. The van der Waals surface area contributed by atoms with Gasteiger partial charge in [-0.15, -0.1) is 0 Å². The highest BCUT2D eigenvalue weighted by molar-refractivity contribution is 5.64. The Balaban J connectivity index is 2.99. The lowest BCUT2D eigenvalue weighted by Crippen LogP contribution is -2.40. The zero-order valence-electron chi connectivity index (χ0n) is 11.5. The molecule has 18 heavy (non-hydrogen) atoms. The van der Waals surface area contributed by atoms with Crippen molar-refractivity contribution in [2.45, 2.75) is 19.9 Å². The van der Waals surface area contributed by atoms with Crippen molar-refractivity contribution in [3.05, 3.63) is 17.8 Å². The van der Waals surface area contributed by atoms with Crippen molar-refractivity contribution < 1.29 is 0 Å². The molecule has 0 saturated carbocycles. The molecule has 0 aliphatic heterocycles. The maximum atomic E-state index is 8.81. The van der Waals surface area contributed by atoms with Gasteiger partial charge in [-0.25, -0.2) is 4.98 Å². The van der Waals surface area contributed by atoms with Crippen LogP contribution in [-0.2, 0) is 0 Å². The number of nitrogen functional groups attached to an aromatic ring is 1. The fourth-order valence-corrected chi connectivity index (χ4v) is 2.07. The monoisotopic (exact) mass is 247 g/mol. The largest absolute Gasteiger partial charge is 0.396 e. The van der Waals surface area contributed by atoms with E-state index in [9.17, 15) is 0 Å². The molecule has 1 rings (SSSR count). The van der Waals surface area contributed by atoms with E-state index < -0.39 is 0 Å². The number of pyridine rings is 1. The molecule has 0 radical (unpaired) electrons. The van der Waals surface area contributed by atoms with Crippen LogP contribution in [0.3, 0.4) is 0 Å². The first-order valence-corrected chi connectivity index (χ1v) is 6.06. The summed E-state index contributed by atoms with van der Waals surface area (Å²) in [6.45, 7) is 5.97. The molecular weight excluding hydrogens is 226 g/mol. The molecule has 0 fully saturated rings. The maximum Gasteiger partial charge on any atom is 0.152 e.